The summed E-state index contributed by atoms with van der Waals surface area (Å²) in [5.74, 6) is 0.408. The number of ether oxygens (including phenoxy) is 2. The van der Waals surface area contributed by atoms with Gasteiger partial charge in [0.25, 0.3) is 0 Å². The van der Waals surface area contributed by atoms with E-state index in [0.29, 0.717) is 33.8 Å². The molecule has 2 N–H and O–H groups in total. The highest BCUT2D eigenvalue weighted by atomic mass is 32.2. The molecule has 0 bridgehead atoms. The topological polar surface area (TPSA) is 99.1 Å². The molecule has 7 heteroatoms. The Bertz CT molecular complexity index is 1050. The Morgan fingerprint density at radius 2 is 1.38 bits per heavy atom. The molecular weight excluding hydrogens is 392 g/mol. The minimum Gasteiger partial charge on any atom is -0.617 e. The fraction of sp³-hybridized carbons (Fsp3) is 0.136. The molecule has 0 fully saturated rings. The predicted molar refractivity (Wildman–Crippen MR) is 108 cm³/mol. The number of rotatable bonds is 0. The minimum atomic E-state index is -1.17. The average Bonchev–Trinajstić information content (AvgIpc) is 2.95. The van der Waals surface area contributed by atoms with E-state index in [1.165, 1.54) is 24.3 Å². The summed E-state index contributed by atoms with van der Waals surface area (Å²) < 4.78 is 21.3. The molecule has 2 heterocycles. The summed E-state index contributed by atoms with van der Waals surface area (Å²) in [5, 5.41) is 19.7. The van der Waals surface area contributed by atoms with Gasteiger partial charge >= 0.3 is 5.97 Å². The fourth-order valence-electron chi connectivity index (χ4n) is 3.65. The summed E-state index contributed by atoms with van der Waals surface area (Å²) in [7, 11) is 0. The van der Waals surface area contributed by atoms with Crippen molar-refractivity contribution in [2.45, 2.75) is 5.60 Å². The van der Waals surface area contributed by atoms with Gasteiger partial charge in [-0.15, -0.1) is 0 Å². The van der Waals surface area contributed by atoms with Gasteiger partial charge in [0, 0.05) is 28.8 Å². The molecule has 29 heavy (non-hydrogen) atoms. The molecule has 0 radical (unpaired) electrons. The lowest BCUT2D eigenvalue weighted by Crippen LogP contribution is -2.32. The smallest absolute Gasteiger partial charge is 0.340 e. The van der Waals surface area contributed by atoms with E-state index in [1.807, 2.05) is 12.1 Å². The molecule has 3 aromatic rings. The van der Waals surface area contributed by atoms with Crippen LogP contribution in [0.5, 0.6) is 23.0 Å². The number of fused-ring (bicyclic) bond motifs is 6. The third-order valence-electron chi connectivity index (χ3n) is 4.68. The summed E-state index contributed by atoms with van der Waals surface area (Å²) in [6, 6.07) is 16.6. The van der Waals surface area contributed by atoms with Crippen LogP contribution in [-0.2, 0) is 21.5 Å². The van der Waals surface area contributed by atoms with E-state index in [9.17, 15) is 19.6 Å². The Morgan fingerprint density at radius 3 is 1.93 bits per heavy atom. The molecule has 2 aliphatic heterocycles. The van der Waals surface area contributed by atoms with Crippen molar-refractivity contribution in [2.75, 3.05) is 12.5 Å². The number of esters is 1. The van der Waals surface area contributed by atoms with Gasteiger partial charge in [-0.25, -0.2) is 4.79 Å². The molecular formula is C22H18O6S. The van der Waals surface area contributed by atoms with E-state index >= 15 is 0 Å². The lowest BCUT2D eigenvalue weighted by Gasteiger charge is -2.36. The number of aromatic hydroxyl groups is 2. The summed E-state index contributed by atoms with van der Waals surface area (Å²) >= 11 is -0.611. The van der Waals surface area contributed by atoms with Gasteiger partial charge in [0.05, 0.1) is 18.1 Å². The van der Waals surface area contributed by atoms with Crippen molar-refractivity contribution in [3.05, 3.63) is 82.9 Å². The normalized spacial score (nSPS) is 14.8. The van der Waals surface area contributed by atoms with Gasteiger partial charge in [-0.3, -0.25) is 0 Å². The van der Waals surface area contributed by atoms with Gasteiger partial charge in [0.2, 0.25) is 0 Å². The molecule has 6 nitrogen and oxygen atoms in total. The second-order valence-electron chi connectivity index (χ2n) is 6.82. The van der Waals surface area contributed by atoms with E-state index in [0.717, 1.165) is 0 Å². The molecule has 0 atom stereocenters. The van der Waals surface area contributed by atoms with Gasteiger partial charge in [0.1, 0.15) is 23.0 Å². The van der Waals surface area contributed by atoms with Crippen LogP contribution in [0.25, 0.3) is 0 Å². The molecule has 2 aliphatic rings. The SMILES string of the molecule is C[S+](C)[O-].O=C1OC2(c3ccc(O)cc3Oc3cc(O)ccc32)c2ccccc21. The third kappa shape index (κ3) is 3.08. The van der Waals surface area contributed by atoms with E-state index in [1.54, 1.807) is 36.8 Å². The molecule has 5 rings (SSSR count). The van der Waals surface area contributed by atoms with Crippen LogP contribution < -0.4 is 4.74 Å². The summed E-state index contributed by atoms with van der Waals surface area (Å²) in [6.07, 6.45) is 3.28. The van der Waals surface area contributed by atoms with E-state index in [4.69, 9.17) is 9.47 Å². The maximum Gasteiger partial charge on any atom is 0.340 e. The van der Waals surface area contributed by atoms with Crippen LogP contribution >= 0.6 is 0 Å². The third-order valence-corrected chi connectivity index (χ3v) is 4.68. The highest BCUT2D eigenvalue weighted by Crippen LogP contribution is 2.56. The van der Waals surface area contributed by atoms with Crippen LogP contribution in [0, 0.1) is 0 Å². The quantitative estimate of drug-likeness (QED) is 0.433. The maximum atomic E-state index is 12.5. The van der Waals surface area contributed by atoms with Crippen LogP contribution in [0.2, 0.25) is 0 Å². The van der Waals surface area contributed by atoms with Crippen molar-refractivity contribution < 1.29 is 29.0 Å². The van der Waals surface area contributed by atoms with E-state index in [-0.39, 0.29) is 11.5 Å². The molecule has 0 aromatic heterocycles. The minimum absolute atomic E-state index is 0.0371. The molecule has 3 aromatic carbocycles. The Kier molecular flexibility index (Phi) is 4.64. The zero-order valence-electron chi connectivity index (χ0n) is 15.7. The van der Waals surface area contributed by atoms with Crippen LogP contribution in [0.4, 0.5) is 0 Å². The number of carbonyl (C=O) groups excluding carboxylic acids is 1. The van der Waals surface area contributed by atoms with E-state index in [2.05, 4.69) is 0 Å². The van der Waals surface area contributed by atoms with Crippen molar-refractivity contribution >= 4 is 17.1 Å². The van der Waals surface area contributed by atoms with Gasteiger partial charge in [-0.1, -0.05) is 29.4 Å². The summed E-state index contributed by atoms with van der Waals surface area (Å²) in [6.45, 7) is 0. The van der Waals surface area contributed by atoms with E-state index < -0.39 is 22.7 Å². The summed E-state index contributed by atoms with van der Waals surface area (Å²) in [4.78, 5) is 12.5. The van der Waals surface area contributed by atoms with Crippen LogP contribution in [0.3, 0.4) is 0 Å². The number of hydrogen-bond acceptors (Lipinski definition) is 6. The molecule has 0 saturated carbocycles. The first-order valence-corrected chi connectivity index (χ1v) is 10.7. The van der Waals surface area contributed by atoms with Crippen LogP contribution in [0.1, 0.15) is 27.0 Å². The molecule has 148 valence electrons. The van der Waals surface area contributed by atoms with Crippen molar-refractivity contribution in [2.24, 2.45) is 0 Å². The first kappa shape index (κ1) is 19.2. The molecule has 0 unspecified atom stereocenters. The number of hydrogen-bond donors (Lipinski definition) is 2. The zero-order valence-corrected chi connectivity index (χ0v) is 16.5. The van der Waals surface area contributed by atoms with Crippen LogP contribution in [-0.4, -0.2) is 33.2 Å². The van der Waals surface area contributed by atoms with Gasteiger partial charge in [-0.05, 0) is 30.3 Å². The van der Waals surface area contributed by atoms with Gasteiger partial charge in [-0.2, -0.15) is 0 Å². The van der Waals surface area contributed by atoms with Crippen molar-refractivity contribution in [1.82, 2.24) is 0 Å². The predicted octanol–water partition coefficient (Wildman–Crippen LogP) is 3.66. The lowest BCUT2D eigenvalue weighted by molar-refractivity contribution is 0.0224. The second kappa shape index (κ2) is 7.02. The highest BCUT2D eigenvalue weighted by molar-refractivity contribution is 7.89. The zero-order chi connectivity index (χ0) is 20.8. The Morgan fingerprint density at radius 1 is 0.862 bits per heavy atom. The monoisotopic (exact) mass is 410 g/mol. The first-order valence-electron chi connectivity index (χ1n) is 8.75. The molecule has 0 aliphatic carbocycles. The molecule has 1 spiro atoms. The first-order chi connectivity index (χ1) is 13.8. The standard InChI is InChI=1S/C20H12O5.C2H6OS/c21-11-5-7-15-17(9-11)24-18-10-12(22)6-8-16(18)20(15)14-4-2-1-3-13(14)19(23)25-20;1-4(2)3/h1-10,21-22H;1-2H3. The largest absolute Gasteiger partial charge is 0.617 e. The lowest BCUT2D eigenvalue weighted by atomic mass is 9.77. The molecule has 0 amide bonds. The second-order valence-corrected chi connectivity index (χ2v) is 8.30. The number of phenolic OH excluding ortho intramolecular Hbond substituents is 2. The highest BCUT2D eigenvalue weighted by Gasteiger charge is 2.53. The Labute approximate surface area is 170 Å². The molecule has 0 saturated heterocycles. The summed E-state index contributed by atoms with van der Waals surface area (Å²) in [5.41, 5.74) is 1.28. The number of benzene rings is 3. The van der Waals surface area contributed by atoms with Gasteiger partial charge < -0.3 is 24.2 Å². The Hall–Kier alpha value is -3.16. The van der Waals surface area contributed by atoms with Crippen molar-refractivity contribution in [3.63, 3.8) is 0 Å². The fourth-order valence-corrected chi connectivity index (χ4v) is 3.65. The Balaban J connectivity index is 0.000000472. The van der Waals surface area contributed by atoms with Crippen molar-refractivity contribution in [3.8, 4) is 23.0 Å². The number of phenols is 2. The number of carbonyl (C=O) groups is 1. The van der Waals surface area contributed by atoms with Gasteiger partial charge in [0.15, 0.2) is 5.60 Å². The van der Waals surface area contributed by atoms with Crippen LogP contribution in [0.15, 0.2) is 60.7 Å². The average molecular weight is 410 g/mol. The van der Waals surface area contributed by atoms with Crippen molar-refractivity contribution in [1.29, 1.82) is 0 Å². The maximum absolute atomic E-state index is 12.5.